The first kappa shape index (κ1) is 13.9. The Morgan fingerprint density at radius 1 is 1.39 bits per heavy atom. The highest BCUT2D eigenvalue weighted by Gasteiger charge is 2.23. The summed E-state index contributed by atoms with van der Waals surface area (Å²) in [6.07, 6.45) is -0.419. The van der Waals surface area contributed by atoms with Crippen molar-refractivity contribution in [1.29, 1.82) is 0 Å². The lowest BCUT2D eigenvalue weighted by Crippen LogP contribution is -2.26. The molecule has 1 unspecified atom stereocenters. The fraction of sp³-hybridized carbons (Fsp3) is 0.538. The molecule has 1 fully saturated rings. The molecular formula is C13H16BrF2NO. The van der Waals surface area contributed by atoms with Crippen LogP contribution in [0.3, 0.4) is 0 Å². The molecule has 0 aromatic heterocycles. The van der Waals surface area contributed by atoms with E-state index in [9.17, 15) is 8.78 Å². The number of hydrogen-bond donors (Lipinski definition) is 1. The van der Waals surface area contributed by atoms with Gasteiger partial charge in [-0.05, 0) is 30.5 Å². The molecule has 0 heterocycles. The third-order valence-electron chi connectivity index (χ3n) is 2.81. The van der Waals surface area contributed by atoms with Crippen molar-refractivity contribution in [2.45, 2.75) is 31.4 Å². The molecule has 2 nitrogen and oxygen atoms in total. The van der Waals surface area contributed by atoms with E-state index >= 15 is 0 Å². The van der Waals surface area contributed by atoms with Crippen molar-refractivity contribution in [3.63, 3.8) is 0 Å². The van der Waals surface area contributed by atoms with Gasteiger partial charge in [0.25, 0.3) is 6.43 Å². The van der Waals surface area contributed by atoms with Crippen molar-refractivity contribution >= 4 is 15.9 Å². The summed E-state index contributed by atoms with van der Waals surface area (Å²) in [5.74, 6) is 0. The number of nitrogens with one attached hydrogen (secondary N) is 1. The summed E-state index contributed by atoms with van der Waals surface area (Å²) in [4.78, 5) is 0. The largest absolute Gasteiger partial charge is 0.366 e. The third kappa shape index (κ3) is 4.63. The quantitative estimate of drug-likeness (QED) is 0.830. The Kier molecular flexibility index (Phi) is 5.09. The molecule has 1 aromatic carbocycles. The van der Waals surface area contributed by atoms with Gasteiger partial charge in [-0.1, -0.05) is 28.1 Å². The SMILES string of the molecule is FC(F)COC(CNC1CC1)c1cccc(Br)c1. The van der Waals surface area contributed by atoms with E-state index in [0.29, 0.717) is 12.6 Å². The maximum atomic E-state index is 12.2. The second-order valence-corrected chi connectivity index (χ2v) is 5.37. The predicted molar refractivity (Wildman–Crippen MR) is 69.9 cm³/mol. The summed E-state index contributed by atoms with van der Waals surface area (Å²) in [5.41, 5.74) is 0.915. The lowest BCUT2D eigenvalue weighted by atomic mass is 10.1. The molecule has 2 rings (SSSR count). The highest BCUT2D eigenvalue weighted by molar-refractivity contribution is 9.10. The molecule has 18 heavy (non-hydrogen) atoms. The van der Waals surface area contributed by atoms with Crippen molar-refractivity contribution in [2.24, 2.45) is 0 Å². The van der Waals surface area contributed by atoms with Crippen molar-refractivity contribution in [2.75, 3.05) is 13.2 Å². The van der Waals surface area contributed by atoms with Crippen LogP contribution in [0.2, 0.25) is 0 Å². The van der Waals surface area contributed by atoms with Crippen LogP contribution in [-0.2, 0) is 4.74 Å². The molecule has 0 spiro atoms. The molecule has 100 valence electrons. The minimum absolute atomic E-state index is 0.322. The van der Waals surface area contributed by atoms with E-state index < -0.39 is 13.0 Å². The van der Waals surface area contributed by atoms with Crippen LogP contribution in [0.25, 0.3) is 0 Å². The summed E-state index contributed by atoms with van der Waals surface area (Å²) in [7, 11) is 0. The Hall–Kier alpha value is -0.520. The molecule has 1 N–H and O–H groups in total. The lowest BCUT2D eigenvalue weighted by Gasteiger charge is -2.19. The topological polar surface area (TPSA) is 21.3 Å². The van der Waals surface area contributed by atoms with Gasteiger partial charge in [0.15, 0.2) is 0 Å². The van der Waals surface area contributed by atoms with Crippen LogP contribution >= 0.6 is 15.9 Å². The third-order valence-corrected chi connectivity index (χ3v) is 3.31. The number of hydrogen-bond acceptors (Lipinski definition) is 2. The van der Waals surface area contributed by atoms with Crippen molar-refractivity contribution < 1.29 is 13.5 Å². The summed E-state index contributed by atoms with van der Waals surface area (Å²) < 4.78 is 30.7. The molecular weight excluding hydrogens is 304 g/mol. The van der Waals surface area contributed by atoms with Crippen molar-refractivity contribution in [3.05, 3.63) is 34.3 Å². The Morgan fingerprint density at radius 3 is 2.78 bits per heavy atom. The average Bonchev–Trinajstić information content (AvgIpc) is 3.12. The fourth-order valence-corrected chi connectivity index (χ4v) is 2.15. The maximum absolute atomic E-state index is 12.2. The van der Waals surface area contributed by atoms with Crippen LogP contribution < -0.4 is 5.32 Å². The highest BCUT2D eigenvalue weighted by Crippen LogP contribution is 2.24. The second kappa shape index (κ2) is 6.59. The molecule has 1 atom stereocenters. The van der Waals surface area contributed by atoms with Crippen LogP contribution in [0.5, 0.6) is 0 Å². The highest BCUT2D eigenvalue weighted by atomic mass is 79.9. The fourth-order valence-electron chi connectivity index (χ4n) is 1.73. The van der Waals surface area contributed by atoms with Crippen LogP contribution in [0, 0.1) is 0 Å². The summed E-state index contributed by atoms with van der Waals surface area (Å²) in [6.45, 7) is 0.0529. The zero-order valence-corrected chi connectivity index (χ0v) is 11.5. The number of alkyl halides is 2. The van der Waals surface area contributed by atoms with E-state index in [2.05, 4.69) is 21.2 Å². The summed E-state index contributed by atoms with van der Waals surface area (Å²) >= 11 is 3.38. The Labute approximate surface area is 114 Å². The van der Waals surface area contributed by atoms with Gasteiger partial charge in [-0.3, -0.25) is 0 Å². The summed E-state index contributed by atoms with van der Waals surface area (Å²) in [6, 6.07) is 8.13. The first-order valence-electron chi connectivity index (χ1n) is 6.04. The van der Waals surface area contributed by atoms with Gasteiger partial charge in [0.05, 0.1) is 6.10 Å². The van der Waals surface area contributed by atoms with Gasteiger partial charge in [0, 0.05) is 17.1 Å². The Balaban J connectivity index is 1.96. The van der Waals surface area contributed by atoms with Gasteiger partial charge in [-0.25, -0.2) is 8.78 Å². The minimum Gasteiger partial charge on any atom is -0.366 e. The van der Waals surface area contributed by atoms with Crippen molar-refractivity contribution in [1.82, 2.24) is 5.32 Å². The smallest absolute Gasteiger partial charge is 0.261 e. The number of benzene rings is 1. The van der Waals surface area contributed by atoms with E-state index in [4.69, 9.17) is 4.74 Å². The first-order valence-corrected chi connectivity index (χ1v) is 6.83. The Morgan fingerprint density at radius 2 is 2.17 bits per heavy atom. The van der Waals surface area contributed by atoms with E-state index in [1.807, 2.05) is 24.3 Å². The zero-order chi connectivity index (χ0) is 13.0. The molecule has 1 saturated carbocycles. The van der Waals surface area contributed by atoms with Crippen LogP contribution in [0.15, 0.2) is 28.7 Å². The minimum atomic E-state index is -2.43. The molecule has 0 aliphatic heterocycles. The molecule has 0 radical (unpaired) electrons. The van der Waals surface area contributed by atoms with Crippen molar-refractivity contribution in [3.8, 4) is 0 Å². The second-order valence-electron chi connectivity index (χ2n) is 4.45. The molecule has 1 aromatic rings. The predicted octanol–water partition coefficient (Wildman–Crippen LogP) is 3.52. The van der Waals surface area contributed by atoms with E-state index in [-0.39, 0.29) is 6.10 Å². The lowest BCUT2D eigenvalue weighted by molar-refractivity contribution is -0.0247. The van der Waals surface area contributed by atoms with Crippen LogP contribution in [0.4, 0.5) is 8.78 Å². The van der Waals surface area contributed by atoms with Crippen LogP contribution in [0.1, 0.15) is 24.5 Å². The van der Waals surface area contributed by atoms with Gasteiger partial charge >= 0.3 is 0 Å². The van der Waals surface area contributed by atoms with Gasteiger partial charge < -0.3 is 10.1 Å². The molecule has 0 saturated heterocycles. The molecule has 5 heteroatoms. The van der Waals surface area contributed by atoms with Gasteiger partial charge in [-0.2, -0.15) is 0 Å². The normalized spacial score (nSPS) is 17.1. The number of halogens is 3. The van der Waals surface area contributed by atoms with E-state index in [1.54, 1.807) is 0 Å². The molecule has 1 aliphatic rings. The monoisotopic (exact) mass is 319 g/mol. The van der Waals surface area contributed by atoms with Gasteiger partial charge in [0.1, 0.15) is 6.61 Å². The van der Waals surface area contributed by atoms with Gasteiger partial charge in [-0.15, -0.1) is 0 Å². The molecule has 0 bridgehead atoms. The number of ether oxygens (including phenoxy) is 1. The average molecular weight is 320 g/mol. The Bertz CT molecular complexity index is 379. The van der Waals surface area contributed by atoms with Gasteiger partial charge in [0.2, 0.25) is 0 Å². The number of rotatable bonds is 7. The standard InChI is InChI=1S/C13H16BrF2NO/c14-10-3-1-2-9(6-10)12(18-8-13(15)16)7-17-11-4-5-11/h1-3,6,11-13,17H,4-5,7-8H2. The zero-order valence-electron chi connectivity index (χ0n) is 9.91. The molecule has 1 aliphatic carbocycles. The van der Waals surface area contributed by atoms with E-state index in [0.717, 1.165) is 10.0 Å². The first-order chi connectivity index (χ1) is 8.65. The molecule has 0 amide bonds. The maximum Gasteiger partial charge on any atom is 0.261 e. The van der Waals surface area contributed by atoms with Crippen LogP contribution in [-0.4, -0.2) is 25.6 Å². The summed E-state index contributed by atoms with van der Waals surface area (Å²) in [5, 5.41) is 3.31. The van der Waals surface area contributed by atoms with E-state index in [1.165, 1.54) is 12.8 Å².